The van der Waals surface area contributed by atoms with Crippen molar-refractivity contribution in [2.24, 2.45) is 0 Å². The summed E-state index contributed by atoms with van der Waals surface area (Å²) >= 11 is 1.64. The number of anilines is 1. The molecule has 1 aliphatic rings. The topological polar surface area (TPSA) is 98.9 Å². The SMILES string of the molecule is CCOC(=O)c1cc(-c2ccc(OC)c(S(=O)(=O)N3CCCSc4ccccc43)c2)on1. The first-order chi connectivity index (χ1) is 15.5. The molecule has 0 spiro atoms. The van der Waals surface area contributed by atoms with Gasteiger partial charge in [-0.05, 0) is 49.4 Å². The molecule has 0 N–H and O–H groups in total. The second kappa shape index (κ2) is 9.25. The standard InChI is InChI=1S/C22H22N2O6S2/c1-3-29-22(25)16-14-19(30-23-16)15-9-10-18(28-2)21(13-15)32(26,27)24-11-6-12-31-20-8-5-4-7-17(20)24/h4-5,7-10,13-14H,3,6,11-12H2,1-2H3. The molecule has 0 saturated carbocycles. The molecule has 2 heterocycles. The summed E-state index contributed by atoms with van der Waals surface area (Å²) in [5.74, 6) is 0.685. The van der Waals surface area contributed by atoms with Gasteiger partial charge in [0.15, 0.2) is 11.5 Å². The zero-order valence-electron chi connectivity index (χ0n) is 17.6. The highest BCUT2D eigenvalue weighted by molar-refractivity contribution is 7.99. The summed E-state index contributed by atoms with van der Waals surface area (Å²) < 4.78 is 44.6. The molecule has 10 heteroatoms. The fraction of sp³-hybridized carbons (Fsp3) is 0.273. The number of hydrogen-bond acceptors (Lipinski definition) is 8. The molecular weight excluding hydrogens is 452 g/mol. The van der Waals surface area contributed by atoms with E-state index in [-0.39, 0.29) is 28.7 Å². The minimum absolute atomic E-state index is 0.00767. The third-order valence-corrected chi connectivity index (χ3v) is 7.89. The van der Waals surface area contributed by atoms with Gasteiger partial charge in [-0.25, -0.2) is 13.2 Å². The van der Waals surface area contributed by atoms with E-state index < -0.39 is 16.0 Å². The highest BCUT2D eigenvalue weighted by Crippen LogP contribution is 2.39. The molecular formula is C22H22N2O6S2. The zero-order chi connectivity index (χ0) is 22.7. The van der Waals surface area contributed by atoms with Crippen molar-refractivity contribution in [2.45, 2.75) is 23.1 Å². The molecule has 0 atom stereocenters. The molecule has 0 unspecified atom stereocenters. The predicted octanol–water partition coefficient (Wildman–Crippen LogP) is 4.22. The number of ether oxygens (including phenoxy) is 2. The van der Waals surface area contributed by atoms with Gasteiger partial charge < -0.3 is 14.0 Å². The van der Waals surface area contributed by atoms with E-state index >= 15 is 0 Å². The Morgan fingerprint density at radius 3 is 2.81 bits per heavy atom. The van der Waals surface area contributed by atoms with Crippen LogP contribution in [0.5, 0.6) is 5.75 Å². The van der Waals surface area contributed by atoms with Crippen LogP contribution >= 0.6 is 11.8 Å². The molecule has 0 amide bonds. The number of nitrogens with zero attached hydrogens (tertiary/aromatic N) is 2. The van der Waals surface area contributed by atoms with Gasteiger partial charge in [0.25, 0.3) is 10.0 Å². The summed E-state index contributed by atoms with van der Waals surface area (Å²) in [5, 5.41) is 3.73. The fourth-order valence-electron chi connectivity index (χ4n) is 3.41. The lowest BCUT2D eigenvalue weighted by Gasteiger charge is -2.25. The van der Waals surface area contributed by atoms with Crippen molar-refractivity contribution in [3.63, 3.8) is 0 Å². The van der Waals surface area contributed by atoms with E-state index in [1.807, 2.05) is 24.3 Å². The Bertz CT molecular complexity index is 1240. The first kappa shape index (κ1) is 22.2. The number of esters is 1. The van der Waals surface area contributed by atoms with Gasteiger partial charge in [0, 0.05) is 23.1 Å². The van der Waals surface area contributed by atoms with Crippen LogP contribution in [0.1, 0.15) is 23.8 Å². The maximum Gasteiger partial charge on any atom is 0.360 e. The zero-order valence-corrected chi connectivity index (χ0v) is 19.2. The highest BCUT2D eigenvalue weighted by atomic mass is 32.2. The van der Waals surface area contributed by atoms with E-state index in [4.69, 9.17) is 14.0 Å². The lowest BCUT2D eigenvalue weighted by molar-refractivity contribution is 0.0514. The van der Waals surface area contributed by atoms with Crippen molar-refractivity contribution in [2.75, 3.05) is 30.3 Å². The van der Waals surface area contributed by atoms with Crippen LogP contribution in [0.15, 0.2) is 62.8 Å². The Labute approximate surface area is 190 Å². The summed E-state index contributed by atoms with van der Waals surface area (Å²) in [6, 6.07) is 13.6. The summed E-state index contributed by atoms with van der Waals surface area (Å²) in [4.78, 5) is 12.8. The normalized spacial score (nSPS) is 13.9. The van der Waals surface area contributed by atoms with Gasteiger partial charge in [-0.3, -0.25) is 4.31 Å². The molecule has 8 nitrogen and oxygen atoms in total. The Morgan fingerprint density at radius 1 is 1.22 bits per heavy atom. The van der Waals surface area contributed by atoms with Crippen molar-refractivity contribution in [1.82, 2.24) is 5.16 Å². The number of carbonyl (C=O) groups is 1. The van der Waals surface area contributed by atoms with Crippen molar-refractivity contribution < 1.29 is 27.2 Å². The lowest BCUT2D eigenvalue weighted by Crippen LogP contribution is -2.32. The summed E-state index contributed by atoms with van der Waals surface area (Å²) in [7, 11) is -2.52. The van der Waals surface area contributed by atoms with Crippen LogP contribution in [0.4, 0.5) is 5.69 Å². The molecule has 0 bridgehead atoms. The lowest BCUT2D eigenvalue weighted by atomic mass is 10.1. The van der Waals surface area contributed by atoms with Gasteiger partial charge >= 0.3 is 5.97 Å². The number of hydrogen-bond donors (Lipinski definition) is 0. The van der Waals surface area contributed by atoms with E-state index in [0.29, 0.717) is 24.2 Å². The van der Waals surface area contributed by atoms with E-state index in [0.717, 1.165) is 10.6 Å². The van der Waals surface area contributed by atoms with Crippen LogP contribution < -0.4 is 9.04 Å². The first-order valence-electron chi connectivity index (χ1n) is 10.0. The first-order valence-corrected chi connectivity index (χ1v) is 12.4. The van der Waals surface area contributed by atoms with Gasteiger partial charge in [-0.15, -0.1) is 11.8 Å². The molecule has 0 saturated heterocycles. The predicted molar refractivity (Wildman–Crippen MR) is 121 cm³/mol. The minimum Gasteiger partial charge on any atom is -0.495 e. The Morgan fingerprint density at radius 2 is 2.03 bits per heavy atom. The van der Waals surface area contributed by atoms with Gasteiger partial charge in [0.1, 0.15) is 10.6 Å². The monoisotopic (exact) mass is 474 g/mol. The average Bonchev–Trinajstić information content (AvgIpc) is 3.19. The van der Waals surface area contributed by atoms with E-state index in [1.165, 1.54) is 23.5 Å². The molecule has 0 aliphatic carbocycles. The van der Waals surface area contributed by atoms with Crippen LogP contribution in [0.25, 0.3) is 11.3 Å². The molecule has 168 valence electrons. The van der Waals surface area contributed by atoms with Crippen LogP contribution in [0, 0.1) is 0 Å². The Hall–Kier alpha value is -2.98. The molecule has 2 aromatic carbocycles. The number of thioether (sulfide) groups is 1. The molecule has 0 radical (unpaired) electrons. The van der Waals surface area contributed by atoms with Crippen molar-refractivity contribution in [3.05, 3.63) is 54.2 Å². The second-order valence-corrected chi connectivity index (χ2v) is 9.88. The number of fused-ring (bicyclic) bond motifs is 1. The van der Waals surface area contributed by atoms with Crippen LogP contribution in [-0.4, -0.2) is 45.6 Å². The van der Waals surface area contributed by atoms with Crippen LogP contribution in [0.3, 0.4) is 0 Å². The van der Waals surface area contributed by atoms with Crippen LogP contribution in [-0.2, 0) is 14.8 Å². The number of sulfonamides is 1. The Kier molecular flexibility index (Phi) is 6.43. The van der Waals surface area contributed by atoms with Gasteiger partial charge in [-0.2, -0.15) is 0 Å². The van der Waals surface area contributed by atoms with E-state index in [9.17, 15) is 13.2 Å². The van der Waals surface area contributed by atoms with Crippen molar-refractivity contribution in [3.8, 4) is 17.1 Å². The Balaban J connectivity index is 1.77. The van der Waals surface area contributed by atoms with E-state index in [1.54, 1.807) is 30.8 Å². The maximum atomic E-state index is 13.8. The van der Waals surface area contributed by atoms with Crippen molar-refractivity contribution >= 4 is 33.4 Å². The van der Waals surface area contributed by atoms with Gasteiger partial charge in [-0.1, -0.05) is 17.3 Å². The third kappa shape index (κ3) is 4.20. The molecule has 1 aliphatic heterocycles. The fourth-order valence-corrected chi connectivity index (χ4v) is 6.17. The number of methoxy groups -OCH3 is 1. The molecule has 4 rings (SSSR count). The molecule has 3 aromatic rings. The second-order valence-electron chi connectivity index (χ2n) is 6.91. The number of para-hydroxylation sites is 1. The van der Waals surface area contributed by atoms with E-state index in [2.05, 4.69) is 5.16 Å². The summed E-state index contributed by atoms with van der Waals surface area (Å²) in [6.45, 7) is 2.26. The maximum absolute atomic E-state index is 13.8. The van der Waals surface area contributed by atoms with Gasteiger partial charge in [0.05, 0.1) is 19.4 Å². The number of benzene rings is 2. The van der Waals surface area contributed by atoms with Gasteiger partial charge in [0.2, 0.25) is 0 Å². The number of carbonyl (C=O) groups excluding carboxylic acids is 1. The molecule has 1 aromatic heterocycles. The largest absolute Gasteiger partial charge is 0.495 e. The quantitative estimate of drug-likeness (QED) is 0.490. The number of rotatable bonds is 6. The number of aromatic nitrogens is 1. The third-order valence-electron chi connectivity index (χ3n) is 4.91. The van der Waals surface area contributed by atoms with Crippen LogP contribution in [0.2, 0.25) is 0 Å². The minimum atomic E-state index is -3.95. The molecule has 0 fully saturated rings. The summed E-state index contributed by atoms with van der Waals surface area (Å²) in [6.07, 6.45) is 0.714. The van der Waals surface area contributed by atoms with Crippen molar-refractivity contribution in [1.29, 1.82) is 0 Å². The smallest absolute Gasteiger partial charge is 0.360 e. The molecule has 32 heavy (non-hydrogen) atoms. The highest BCUT2D eigenvalue weighted by Gasteiger charge is 2.31. The average molecular weight is 475 g/mol. The summed E-state index contributed by atoms with van der Waals surface area (Å²) in [5.41, 5.74) is 1.11.